The van der Waals surface area contributed by atoms with Crippen molar-refractivity contribution >= 4 is 18.4 Å². The van der Waals surface area contributed by atoms with E-state index in [1.807, 2.05) is 0 Å². The van der Waals surface area contributed by atoms with Crippen LogP contribution in [0.2, 0.25) is 0 Å². The van der Waals surface area contributed by atoms with E-state index in [1.165, 1.54) is 12.1 Å². The Labute approximate surface area is 112 Å². The van der Waals surface area contributed by atoms with Crippen LogP contribution in [0.3, 0.4) is 0 Å². The Bertz CT molecular complexity index is 439. The summed E-state index contributed by atoms with van der Waals surface area (Å²) < 4.78 is 18.1. The molecule has 5 heteroatoms. The number of halogens is 2. The Morgan fingerprint density at radius 2 is 2.28 bits per heavy atom. The zero-order chi connectivity index (χ0) is 12.4. The highest BCUT2D eigenvalue weighted by Gasteiger charge is 2.30. The van der Waals surface area contributed by atoms with Crippen LogP contribution in [0.4, 0.5) is 4.39 Å². The molecule has 0 radical (unpaired) electrons. The predicted octanol–water partition coefficient (Wildman–Crippen LogP) is 2.37. The molecule has 2 atom stereocenters. The first kappa shape index (κ1) is 14.9. The molecule has 0 amide bonds. The van der Waals surface area contributed by atoms with Crippen LogP contribution in [0.15, 0.2) is 18.2 Å². The molecular weight excluding hydrogens is 257 g/mol. The van der Waals surface area contributed by atoms with E-state index in [-0.39, 0.29) is 36.2 Å². The molecule has 2 rings (SSSR count). The number of esters is 1. The Hall–Kier alpha value is -1.13. The Kier molecular flexibility index (Phi) is 5.11. The molecule has 0 bridgehead atoms. The maximum absolute atomic E-state index is 13.1. The maximum atomic E-state index is 13.1. The van der Waals surface area contributed by atoms with Crippen LogP contribution in [0.1, 0.15) is 30.5 Å². The molecule has 1 aliphatic carbocycles. The number of nitrogens with two attached hydrogens (primary N) is 1. The second kappa shape index (κ2) is 6.16. The van der Waals surface area contributed by atoms with Gasteiger partial charge in [0.1, 0.15) is 5.82 Å². The van der Waals surface area contributed by atoms with E-state index in [9.17, 15) is 9.18 Å². The van der Waals surface area contributed by atoms with Crippen molar-refractivity contribution in [3.8, 4) is 0 Å². The lowest BCUT2D eigenvalue weighted by Crippen LogP contribution is -2.30. The molecule has 18 heavy (non-hydrogen) atoms. The minimum absolute atomic E-state index is 0. The van der Waals surface area contributed by atoms with E-state index in [4.69, 9.17) is 10.5 Å². The van der Waals surface area contributed by atoms with Crippen molar-refractivity contribution in [2.45, 2.75) is 25.8 Å². The second-order valence-corrected chi connectivity index (χ2v) is 4.34. The molecule has 0 spiro atoms. The molecule has 0 heterocycles. The van der Waals surface area contributed by atoms with E-state index >= 15 is 0 Å². The van der Waals surface area contributed by atoms with Gasteiger partial charge in [-0.1, -0.05) is 6.07 Å². The number of rotatable bonds is 2. The maximum Gasteiger partial charge on any atom is 0.309 e. The average molecular weight is 274 g/mol. The monoisotopic (exact) mass is 273 g/mol. The third-order valence-electron chi connectivity index (χ3n) is 3.13. The highest BCUT2D eigenvalue weighted by atomic mass is 35.5. The number of carbonyl (C=O) groups is 1. The minimum Gasteiger partial charge on any atom is -0.466 e. The van der Waals surface area contributed by atoms with E-state index < -0.39 is 0 Å². The largest absolute Gasteiger partial charge is 0.466 e. The molecule has 0 unspecified atom stereocenters. The van der Waals surface area contributed by atoms with E-state index in [2.05, 4.69) is 0 Å². The minimum atomic E-state index is -0.288. The zero-order valence-electron chi connectivity index (χ0n) is 10.2. The average Bonchev–Trinajstić information content (AvgIpc) is 2.30. The SMILES string of the molecule is CCOC(=O)[C@H]1Cc2ccc(F)cc2[C@H](N)C1.Cl. The quantitative estimate of drug-likeness (QED) is 0.842. The van der Waals surface area contributed by atoms with Gasteiger partial charge in [-0.2, -0.15) is 0 Å². The summed E-state index contributed by atoms with van der Waals surface area (Å²) in [5, 5.41) is 0. The van der Waals surface area contributed by atoms with Crippen LogP contribution in [0.5, 0.6) is 0 Å². The number of carbonyl (C=O) groups excluding carboxylic acids is 1. The van der Waals surface area contributed by atoms with Crippen LogP contribution in [0.25, 0.3) is 0 Å². The molecule has 1 aliphatic rings. The molecule has 0 fully saturated rings. The summed E-state index contributed by atoms with van der Waals surface area (Å²) in [4.78, 5) is 11.7. The molecule has 0 saturated heterocycles. The normalized spacial score (nSPS) is 21.7. The number of hydrogen-bond acceptors (Lipinski definition) is 3. The fourth-order valence-corrected chi connectivity index (χ4v) is 2.32. The van der Waals surface area contributed by atoms with Gasteiger partial charge in [-0.05, 0) is 43.0 Å². The van der Waals surface area contributed by atoms with Crippen LogP contribution in [0, 0.1) is 11.7 Å². The molecular formula is C13H17ClFNO2. The highest BCUT2D eigenvalue weighted by Crippen LogP contribution is 2.32. The molecule has 1 aromatic carbocycles. The van der Waals surface area contributed by atoms with Crippen molar-refractivity contribution in [3.63, 3.8) is 0 Å². The molecule has 100 valence electrons. The standard InChI is InChI=1S/C13H16FNO2.ClH/c1-2-17-13(16)9-5-8-3-4-10(14)7-11(8)12(15)6-9;/h3-4,7,9,12H,2,5-6,15H2,1H3;1H/t9-,12+;/m0./s1. The summed E-state index contributed by atoms with van der Waals surface area (Å²) in [6.07, 6.45) is 1.11. The van der Waals surface area contributed by atoms with Crippen molar-refractivity contribution in [1.29, 1.82) is 0 Å². The second-order valence-electron chi connectivity index (χ2n) is 4.34. The van der Waals surface area contributed by atoms with E-state index in [0.29, 0.717) is 19.4 Å². The van der Waals surface area contributed by atoms with Gasteiger partial charge in [0.25, 0.3) is 0 Å². The van der Waals surface area contributed by atoms with Gasteiger partial charge >= 0.3 is 5.97 Å². The van der Waals surface area contributed by atoms with Crippen molar-refractivity contribution in [1.82, 2.24) is 0 Å². The summed E-state index contributed by atoms with van der Waals surface area (Å²) >= 11 is 0. The number of fused-ring (bicyclic) bond motifs is 1. The highest BCUT2D eigenvalue weighted by molar-refractivity contribution is 5.85. The van der Waals surface area contributed by atoms with E-state index in [1.54, 1.807) is 13.0 Å². The van der Waals surface area contributed by atoms with Gasteiger partial charge in [-0.15, -0.1) is 12.4 Å². The van der Waals surface area contributed by atoms with E-state index in [0.717, 1.165) is 11.1 Å². The van der Waals surface area contributed by atoms with Gasteiger partial charge in [0.15, 0.2) is 0 Å². The lowest BCUT2D eigenvalue weighted by atomic mass is 9.81. The van der Waals surface area contributed by atoms with Gasteiger partial charge < -0.3 is 10.5 Å². The smallest absolute Gasteiger partial charge is 0.309 e. The van der Waals surface area contributed by atoms with Gasteiger partial charge in [-0.25, -0.2) is 4.39 Å². The summed E-state index contributed by atoms with van der Waals surface area (Å²) in [6, 6.07) is 4.28. The topological polar surface area (TPSA) is 52.3 Å². The summed E-state index contributed by atoms with van der Waals surface area (Å²) in [5.74, 6) is -0.699. The summed E-state index contributed by atoms with van der Waals surface area (Å²) in [6.45, 7) is 2.16. The molecule has 2 N–H and O–H groups in total. The molecule has 0 aromatic heterocycles. The zero-order valence-corrected chi connectivity index (χ0v) is 11.0. The summed E-state index contributed by atoms with van der Waals surface area (Å²) in [7, 11) is 0. The number of hydrogen-bond donors (Lipinski definition) is 1. The third kappa shape index (κ3) is 3.00. The first-order valence-corrected chi connectivity index (χ1v) is 5.82. The van der Waals surface area contributed by atoms with Gasteiger partial charge in [0.2, 0.25) is 0 Å². The van der Waals surface area contributed by atoms with Crippen molar-refractivity contribution in [2.24, 2.45) is 11.7 Å². The van der Waals surface area contributed by atoms with Crippen LogP contribution in [-0.4, -0.2) is 12.6 Å². The lowest BCUT2D eigenvalue weighted by molar-refractivity contribution is -0.148. The fourth-order valence-electron chi connectivity index (χ4n) is 2.32. The van der Waals surface area contributed by atoms with Crippen molar-refractivity contribution in [3.05, 3.63) is 35.1 Å². The Balaban J connectivity index is 0.00000162. The molecule has 0 aliphatic heterocycles. The van der Waals surface area contributed by atoms with Crippen LogP contribution < -0.4 is 5.73 Å². The molecule has 0 saturated carbocycles. The molecule has 3 nitrogen and oxygen atoms in total. The predicted molar refractivity (Wildman–Crippen MR) is 69.0 cm³/mol. The van der Waals surface area contributed by atoms with Crippen molar-refractivity contribution in [2.75, 3.05) is 6.61 Å². The first-order chi connectivity index (χ1) is 8.11. The lowest BCUT2D eigenvalue weighted by Gasteiger charge is -2.28. The number of ether oxygens (including phenoxy) is 1. The van der Waals surface area contributed by atoms with Crippen molar-refractivity contribution < 1.29 is 13.9 Å². The fraction of sp³-hybridized carbons (Fsp3) is 0.462. The van der Waals surface area contributed by atoms with Gasteiger partial charge in [0.05, 0.1) is 12.5 Å². The van der Waals surface area contributed by atoms with Crippen LogP contribution >= 0.6 is 12.4 Å². The Morgan fingerprint density at radius 3 is 2.94 bits per heavy atom. The van der Waals surface area contributed by atoms with Crippen LogP contribution in [-0.2, 0) is 16.0 Å². The molecule has 1 aromatic rings. The third-order valence-corrected chi connectivity index (χ3v) is 3.13. The first-order valence-electron chi connectivity index (χ1n) is 5.82. The van der Waals surface area contributed by atoms with Gasteiger partial charge in [-0.3, -0.25) is 4.79 Å². The summed E-state index contributed by atoms with van der Waals surface area (Å²) in [5.41, 5.74) is 7.72. The Morgan fingerprint density at radius 1 is 1.56 bits per heavy atom. The number of benzene rings is 1. The van der Waals surface area contributed by atoms with Gasteiger partial charge in [0, 0.05) is 6.04 Å².